The zero-order valence-corrected chi connectivity index (χ0v) is 13.0. The SMILES string of the molecule is Cc1nn(C)c2ncc(CNCCNC(=O)N(C)C)cc12. The van der Waals surface area contributed by atoms with E-state index >= 15 is 0 Å². The normalized spacial score (nSPS) is 10.9. The summed E-state index contributed by atoms with van der Waals surface area (Å²) in [6, 6.07) is 2.03. The Kier molecular flexibility index (Phi) is 4.74. The molecule has 0 unspecified atom stereocenters. The summed E-state index contributed by atoms with van der Waals surface area (Å²) >= 11 is 0. The van der Waals surface area contributed by atoms with Gasteiger partial charge in [0.2, 0.25) is 0 Å². The number of amides is 2. The van der Waals surface area contributed by atoms with Gasteiger partial charge in [-0.3, -0.25) is 4.68 Å². The quantitative estimate of drug-likeness (QED) is 0.792. The first-order valence-corrected chi connectivity index (χ1v) is 6.93. The van der Waals surface area contributed by atoms with E-state index in [1.54, 1.807) is 18.8 Å². The summed E-state index contributed by atoms with van der Waals surface area (Å²) in [5, 5.41) is 11.5. The van der Waals surface area contributed by atoms with Crippen molar-refractivity contribution in [2.75, 3.05) is 27.2 Å². The summed E-state index contributed by atoms with van der Waals surface area (Å²) in [6.45, 7) is 4.01. The van der Waals surface area contributed by atoms with Crippen molar-refractivity contribution in [3.05, 3.63) is 23.5 Å². The number of nitrogens with zero attached hydrogens (tertiary/aromatic N) is 4. The second-order valence-corrected chi connectivity index (χ2v) is 5.23. The highest BCUT2D eigenvalue weighted by Crippen LogP contribution is 2.16. The van der Waals surface area contributed by atoms with Gasteiger partial charge in [0.1, 0.15) is 0 Å². The first kappa shape index (κ1) is 15.2. The van der Waals surface area contributed by atoms with Crippen LogP contribution in [0.1, 0.15) is 11.3 Å². The molecule has 0 fully saturated rings. The molecule has 0 radical (unpaired) electrons. The van der Waals surface area contributed by atoms with Gasteiger partial charge < -0.3 is 15.5 Å². The van der Waals surface area contributed by atoms with Crippen molar-refractivity contribution in [2.24, 2.45) is 7.05 Å². The molecule has 0 saturated heterocycles. The highest BCUT2D eigenvalue weighted by molar-refractivity contribution is 5.78. The summed E-state index contributed by atoms with van der Waals surface area (Å²) in [6.07, 6.45) is 1.86. The first-order chi connectivity index (χ1) is 9.99. The third-order valence-electron chi connectivity index (χ3n) is 3.23. The molecule has 21 heavy (non-hydrogen) atoms. The molecule has 0 aliphatic rings. The van der Waals surface area contributed by atoms with Crippen molar-refractivity contribution in [1.82, 2.24) is 30.3 Å². The maximum absolute atomic E-state index is 11.3. The van der Waals surface area contributed by atoms with E-state index in [0.717, 1.165) is 28.8 Å². The number of urea groups is 1. The van der Waals surface area contributed by atoms with Gasteiger partial charge in [-0.2, -0.15) is 5.10 Å². The van der Waals surface area contributed by atoms with Crippen LogP contribution in [0.25, 0.3) is 11.0 Å². The second kappa shape index (κ2) is 6.53. The number of aromatic nitrogens is 3. The smallest absolute Gasteiger partial charge is 0.316 e. The van der Waals surface area contributed by atoms with E-state index in [1.165, 1.54) is 4.90 Å². The summed E-state index contributed by atoms with van der Waals surface area (Å²) in [7, 11) is 5.34. The number of hydrogen-bond donors (Lipinski definition) is 2. The topological polar surface area (TPSA) is 75.1 Å². The molecule has 0 spiro atoms. The van der Waals surface area contributed by atoms with Crippen LogP contribution in [0.15, 0.2) is 12.3 Å². The van der Waals surface area contributed by atoms with Crippen LogP contribution >= 0.6 is 0 Å². The Bertz CT molecular complexity index is 634. The van der Waals surface area contributed by atoms with Gasteiger partial charge in [0, 0.05) is 52.4 Å². The minimum absolute atomic E-state index is 0.0779. The molecule has 114 valence electrons. The van der Waals surface area contributed by atoms with Gasteiger partial charge in [-0.1, -0.05) is 0 Å². The van der Waals surface area contributed by atoms with Gasteiger partial charge >= 0.3 is 6.03 Å². The molecule has 0 aliphatic carbocycles. The van der Waals surface area contributed by atoms with Crippen LogP contribution in [0.2, 0.25) is 0 Å². The lowest BCUT2D eigenvalue weighted by Gasteiger charge is -2.12. The van der Waals surface area contributed by atoms with Crippen LogP contribution in [-0.2, 0) is 13.6 Å². The van der Waals surface area contributed by atoms with E-state index in [1.807, 2.05) is 20.2 Å². The first-order valence-electron chi connectivity index (χ1n) is 6.93. The molecule has 0 aliphatic heterocycles. The van der Waals surface area contributed by atoms with Crippen LogP contribution in [0.5, 0.6) is 0 Å². The van der Waals surface area contributed by atoms with Crippen LogP contribution < -0.4 is 10.6 Å². The standard InChI is InChI=1S/C14H22N6O/c1-10-12-7-11(9-17-13(12)20(4)18-10)8-15-5-6-16-14(21)19(2)3/h7,9,15H,5-6,8H2,1-4H3,(H,16,21). The fraction of sp³-hybridized carbons (Fsp3) is 0.500. The number of pyridine rings is 1. The van der Waals surface area contributed by atoms with E-state index in [4.69, 9.17) is 0 Å². The molecule has 2 rings (SSSR count). The van der Waals surface area contributed by atoms with Gasteiger partial charge in [0.05, 0.1) is 5.69 Å². The Balaban J connectivity index is 1.84. The molecule has 2 amide bonds. The maximum Gasteiger partial charge on any atom is 0.316 e. The highest BCUT2D eigenvalue weighted by atomic mass is 16.2. The molecular weight excluding hydrogens is 268 g/mol. The van der Waals surface area contributed by atoms with Crippen LogP contribution in [0, 0.1) is 6.92 Å². The molecule has 2 N–H and O–H groups in total. The van der Waals surface area contributed by atoms with Crippen molar-refractivity contribution in [3.8, 4) is 0 Å². The van der Waals surface area contributed by atoms with E-state index in [9.17, 15) is 4.79 Å². The molecule has 0 aromatic carbocycles. The Hall–Kier alpha value is -2.15. The average molecular weight is 290 g/mol. The fourth-order valence-corrected chi connectivity index (χ4v) is 2.10. The van der Waals surface area contributed by atoms with Crippen LogP contribution in [0.4, 0.5) is 4.79 Å². The predicted molar refractivity (Wildman–Crippen MR) is 82.0 cm³/mol. The van der Waals surface area contributed by atoms with Gasteiger partial charge in [-0.15, -0.1) is 0 Å². The summed E-state index contributed by atoms with van der Waals surface area (Å²) < 4.78 is 1.79. The summed E-state index contributed by atoms with van der Waals surface area (Å²) in [4.78, 5) is 17.3. The molecule has 2 aromatic heterocycles. The van der Waals surface area contributed by atoms with Crippen molar-refractivity contribution < 1.29 is 4.79 Å². The minimum Gasteiger partial charge on any atom is -0.337 e. The van der Waals surface area contributed by atoms with Gasteiger partial charge in [0.15, 0.2) is 5.65 Å². The monoisotopic (exact) mass is 290 g/mol. The Morgan fingerprint density at radius 1 is 1.38 bits per heavy atom. The summed E-state index contributed by atoms with van der Waals surface area (Å²) in [5.41, 5.74) is 2.99. The average Bonchev–Trinajstić information content (AvgIpc) is 2.73. The molecule has 2 heterocycles. The Morgan fingerprint density at radius 3 is 2.86 bits per heavy atom. The number of carbonyl (C=O) groups excluding carboxylic acids is 1. The molecule has 7 heteroatoms. The molecule has 0 saturated carbocycles. The van der Waals surface area contributed by atoms with Crippen molar-refractivity contribution in [3.63, 3.8) is 0 Å². The lowest BCUT2D eigenvalue weighted by Crippen LogP contribution is -2.38. The largest absolute Gasteiger partial charge is 0.337 e. The van der Waals surface area contributed by atoms with E-state index < -0.39 is 0 Å². The summed E-state index contributed by atoms with van der Waals surface area (Å²) in [5.74, 6) is 0. The van der Waals surface area contributed by atoms with Gasteiger partial charge in [-0.05, 0) is 18.6 Å². The molecule has 2 aromatic rings. The fourth-order valence-electron chi connectivity index (χ4n) is 2.10. The second-order valence-electron chi connectivity index (χ2n) is 5.23. The van der Waals surface area contributed by atoms with E-state index in [-0.39, 0.29) is 6.03 Å². The van der Waals surface area contributed by atoms with Crippen molar-refractivity contribution >= 4 is 17.1 Å². The number of carbonyl (C=O) groups is 1. The van der Waals surface area contributed by atoms with E-state index in [0.29, 0.717) is 13.1 Å². The number of hydrogen-bond acceptors (Lipinski definition) is 4. The van der Waals surface area contributed by atoms with E-state index in [2.05, 4.69) is 26.8 Å². The third kappa shape index (κ3) is 3.69. The molecule has 0 atom stereocenters. The van der Waals surface area contributed by atoms with Crippen LogP contribution in [-0.4, -0.2) is 52.9 Å². The molecular formula is C14H22N6O. The minimum atomic E-state index is -0.0779. The number of rotatable bonds is 5. The van der Waals surface area contributed by atoms with Gasteiger partial charge in [-0.25, -0.2) is 9.78 Å². The number of aryl methyl sites for hydroxylation is 2. The number of nitrogens with one attached hydrogen (secondary N) is 2. The Labute approximate surface area is 124 Å². The third-order valence-corrected chi connectivity index (χ3v) is 3.23. The maximum atomic E-state index is 11.3. The predicted octanol–water partition coefficient (Wildman–Crippen LogP) is 0.638. The lowest BCUT2D eigenvalue weighted by molar-refractivity contribution is 0.217. The highest BCUT2D eigenvalue weighted by Gasteiger charge is 2.06. The zero-order valence-electron chi connectivity index (χ0n) is 13.0. The van der Waals surface area contributed by atoms with Crippen LogP contribution in [0.3, 0.4) is 0 Å². The van der Waals surface area contributed by atoms with Crippen molar-refractivity contribution in [1.29, 1.82) is 0 Å². The molecule has 7 nitrogen and oxygen atoms in total. The molecule has 0 bridgehead atoms. The lowest BCUT2D eigenvalue weighted by atomic mass is 10.2. The Morgan fingerprint density at radius 2 is 2.14 bits per heavy atom. The zero-order chi connectivity index (χ0) is 15.4. The number of fused-ring (bicyclic) bond motifs is 1. The van der Waals surface area contributed by atoms with Crippen molar-refractivity contribution in [2.45, 2.75) is 13.5 Å². The van der Waals surface area contributed by atoms with Gasteiger partial charge in [0.25, 0.3) is 0 Å².